The Balaban J connectivity index is 1.74. The molecule has 2 unspecified atom stereocenters. The van der Waals surface area contributed by atoms with Gasteiger partial charge in [-0.25, -0.2) is 4.68 Å². The molecule has 0 saturated carbocycles. The van der Waals surface area contributed by atoms with Crippen LogP contribution in [0.2, 0.25) is 0 Å². The van der Waals surface area contributed by atoms with Crippen molar-refractivity contribution in [2.75, 3.05) is 5.32 Å². The van der Waals surface area contributed by atoms with E-state index in [0.717, 1.165) is 12.0 Å². The Morgan fingerprint density at radius 3 is 2.31 bits per heavy atom. The van der Waals surface area contributed by atoms with Crippen molar-refractivity contribution in [3.63, 3.8) is 0 Å². The molecule has 6 nitrogen and oxygen atoms in total. The van der Waals surface area contributed by atoms with Crippen molar-refractivity contribution in [1.29, 1.82) is 0 Å². The van der Waals surface area contributed by atoms with E-state index in [1.165, 1.54) is 0 Å². The third-order valence-electron chi connectivity index (χ3n) is 4.88. The molecule has 6 heteroatoms. The van der Waals surface area contributed by atoms with Crippen LogP contribution in [0.5, 0.6) is 0 Å². The monoisotopic (exact) mass is 390 g/mol. The lowest BCUT2D eigenvalue weighted by molar-refractivity contribution is -0.116. The highest BCUT2D eigenvalue weighted by Crippen LogP contribution is 2.20. The number of hydrogen-bond acceptors (Lipinski definition) is 3. The Hall–Kier alpha value is -3.41. The first kappa shape index (κ1) is 20.3. The summed E-state index contributed by atoms with van der Waals surface area (Å²) in [6.45, 7) is 4.12. The summed E-state index contributed by atoms with van der Waals surface area (Å²) in [5.41, 5.74) is 1.44. The lowest BCUT2D eigenvalue weighted by Gasteiger charge is -2.20. The largest absolute Gasteiger partial charge is 0.345 e. The van der Waals surface area contributed by atoms with Crippen LogP contribution in [-0.2, 0) is 4.79 Å². The molecule has 2 atom stereocenters. The number of amides is 2. The predicted molar refractivity (Wildman–Crippen MR) is 114 cm³/mol. The normalized spacial score (nSPS) is 12.8. The molecule has 2 N–H and O–H groups in total. The molecule has 3 rings (SSSR count). The van der Waals surface area contributed by atoms with Gasteiger partial charge in [-0.1, -0.05) is 55.5 Å². The van der Waals surface area contributed by atoms with Crippen LogP contribution in [0.25, 0.3) is 0 Å². The molecule has 0 fully saturated rings. The highest BCUT2D eigenvalue weighted by molar-refractivity contribution is 5.95. The molecule has 0 saturated heterocycles. The number of rotatable bonds is 8. The second kappa shape index (κ2) is 9.68. The first-order chi connectivity index (χ1) is 14.1. The van der Waals surface area contributed by atoms with E-state index in [2.05, 4.69) is 29.6 Å². The van der Waals surface area contributed by atoms with Gasteiger partial charge in [-0.05, 0) is 31.0 Å². The molecule has 0 radical (unpaired) electrons. The van der Waals surface area contributed by atoms with Crippen LogP contribution < -0.4 is 10.6 Å². The molecule has 0 aliphatic carbocycles. The van der Waals surface area contributed by atoms with Gasteiger partial charge in [0.2, 0.25) is 5.91 Å². The topological polar surface area (TPSA) is 76.0 Å². The van der Waals surface area contributed by atoms with Crippen LogP contribution in [-0.4, -0.2) is 21.6 Å². The molecule has 0 spiro atoms. The number of carbonyl (C=O) groups excluding carboxylic acids is 2. The second-order valence-electron chi connectivity index (χ2n) is 6.97. The molecular weight excluding hydrogens is 364 g/mol. The van der Waals surface area contributed by atoms with Crippen molar-refractivity contribution < 1.29 is 9.59 Å². The fourth-order valence-electron chi connectivity index (χ4n) is 3.09. The van der Waals surface area contributed by atoms with Gasteiger partial charge in [0.15, 0.2) is 0 Å². The highest BCUT2D eigenvalue weighted by Gasteiger charge is 2.20. The molecule has 0 aliphatic rings. The quantitative estimate of drug-likeness (QED) is 0.600. The SMILES string of the molecule is CCC(C)n1nccc1NC(=O)CC(NC(=O)c1ccccc1)c1ccccc1. The smallest absolute Gasteiger partial charge is 0.251 e. The van der Waals surface area contributed by atoms with Gasteiger partial charge >= 0.3 is 0 Å². The van der Waals surface area contributed by atoms with E-state index >= 15 is 0 Å². The third-order valence-corrected chi connectivity index (χ3v) is 4.88. The number of aromatic nitrogens is 2. The van der Waals surface area contributed by atoms with Crippen molar-refractivity contribution in [2.24, 2.45) is 0 Å². The molecule has 0 aliphatic heterocycles. The van der Waals surface area contributed by atoms with Gasteiger partial charge in [0.1, 0.15) is 5.82 Å². The van der Waals surface area contributed by atoms with Crippen LogP contribution in [0.3, 0.4) is 0 Å². The van der Waals surface area contributed by atoms with Crippen LogP contribution >= 0.6 is 0 Å². The molecule has 3 aromatic rings. The summed E-state index contributed by atoms with van der Waals surface area (Å²) in [5, 5.41) is 10.2. The number of anilines is 1. The Kier molecular flexibility index (Phi) is 6.79. The van der Waals surface area contributed by atoms with Crippen molar-refractivity contribution in [3.8, 4) is 0 Å². The Labute approximate surface area is 170 Å². The van der Waals surface area contributed by atoms with Gasteiger partial charge in [-0.2, -0.15) is 5.10 Å². The summed E-state index contributed by atoms with van der Waals surface area (Å²) in [6, 6.07) is 20.0. The van der Waals surface area contributed by atoms with E-state index < -0.39 is 6.04 Å². The summed E-state index contributed by atoms with van der Waals surface area (Å²) in [4.78, 5) is 25.4. The average Bonchev–Trinajstić information content (AvgIpc) is 3.21. The zero-order valence-corrected chi connectivity index (χ0v) is 16.7. The standard InChI is InChI=1S/C23H26N4O2/c1-3-17(2)27-21(14-15-24-27)26-22(28)16-20(18-10-6-4-7-11-18)25-23(29)19-12-8-5-9-13-19/h4-15,17,20H,3,16H2,1-2H3,(H,25,29)(H,26,28). The maximum atomic E-state index is 12.8. The molecule has 150 valence electrons. The van der Waals surface area contributed by atoms with Crippen molar-refractivity contribution >= 4 is 17.6 Å². The van der Waals surface area contributed by atoms with Gasteiger partial charge in [-0.3, -0.25) is 9.59 Å². The Morgan fingerprint density at radius 2 is 1.66 bits per heavy atom. The van der Waals surface area contributed by atoms with E-state index in [4.69, 9.17) is 0 Å². The maximum Gasteiger partial charge on any atom is 0.251 e. The third kappa shape index (κ3) is 5.31. The first-order valence-corrected chi connectivity index (χ1v) is 9.82. The molecule has 1 heterocycles. The Bertz CT molecular complexity index is 938. The van der Waals surface area contributed by atoms with E-state index in [9.17, 15) is 9.59 Å². The summed E-state index contributed by atoms with van der Waals surface area (Å²) in [6.07, 6.45) is 2.70. The number of carbonyl (C=O) groups is 2. The zero-order chi connectivity index (χ0) is 20.6. The second-order valence-corrected chi connectivity index (χ2v) is 6.97. The number of nitrogens with zero attached hydrogens (tertiary/aromatic N) is 2. The van der Waals surface area contributed by atoms with Crippen LogP contribution in [0.1, 0.15) is 54.7 Å². The average molecular weight is 390 g/mol. The van der Waals surface area contributed by atoms with Crippen LogP contribution in [0.4, 0.5) is 5.82 Å². The van der Waals surface area contributed by atoms with E-state index in [1.807, 2.05) is 48.5 Å². The molecular formula is C23H26N4O2. The minimum Gasteiger partial charge on any atom is -0.345 e. The zero-order valence-electron chi connectivity index (χ0n) is 16.7. The maximum absolute atomic E-state index is 12.8. The van der Waals surface area contributed by atoms with Crippen molar-refractivity contribution in [1.82, 2.24) is 15.1 Å². The fourth-order valence-corrected chi connectivity index (χ4v) is 3.09. The lowest BCUT2D eigenvalue weighted by Crippen LogP contribution is -2.31. The minimum atomic E-state index is -0.441. The van der Waals surface area contributed by atoms with E-state index in [1.54, 1.807) is 29.1 Å². The van der Waals surface area contributed by atoms with E-state index in [-0.39, 0.29) is 24.3 Å². The molecule has 29 heavy (non-hydrogen) atoms. The molecule has 2 amide bonds. The summed E-state index contributed by atoms with van der Waals surface area (Å²) >= 11 is 0. The summed E-state index contributed by atoms with van der Waals surface area (Å²) in [5.74, 6) is 0.264. The van der Waals surface area contributed by atoms with Crippen LogP contribution in [0, 0.1) is 0 Å². The lowest BCUT2D eigenvalue weighted by atomic mass is 10.0. The van der Waals surface area contributed by atoms with Gasteiger partial charge in [0.25, 0.3) is 5.91 Å². The first-order valence-electron chi connectivity index (χ1n) is 9.82. The van der Waals surface area contributed by atoms with Gasteiger partial charge in [-0.15, -0.1) is 0 Å². The van der Waals surface area contributed by atoms with Crippen LogP contribution in [0.15, 0.2) is 72.9 Å². The highest BCUT2D eigenvalue weighted by atomic mass is 16.2. The molecule has 0 bridgehead atoms. The molecule has 1 aromatic heterocycles. The predicted octanol–water partition coefficient (Wildman–Crippen LogP) is 4.35. The van der Waals surface area contributed by atoms with Gasteiger partial charge in [0.05, 0.1) is 24.7 Å². The van der Waals surface area contributed by atoms with Crippen molar-refractivity contribution in [3.05, 3.63) is 84.1 Å². The van der Waals surface area contributed by atoms with Gasteiger partial charge < -0.3 is 10.6 Å². The summed E-state index contributed by atoms with van der Waals surface area (Å²) < 4.78 is 1.80. The molecule has 2 aromatic carbocycles. The fraction of sp³-hybridized carbons (Fsp3) is 0.261. The summed E-state index contributed by atoms with van der Waals surface area (Å²) in [7, 11) is 0. The number of benzene rings is 2. The van der Waals surface area contributed by atoms with Crippen molar-refractivity contribution in [2.45, 2.75) is 38.8 Å². The Morgan fingerprint density at radius 1 is 1.00 bits per heavy atom. The van der Waals surface area contributed by atoms with Gasteiger partial charge in [0, 0.05) is 11.6 Å². The number of hydrogen-bond donors (Lipinski definition) is 2. The van der Waals surface area contributed by atoms with E-state index in [0.29, 0.717) is 11.4 Å². The number of nitrogens with one attached hydrogen (secondary N) is 2. The minimum absolute atomic E-state index is 0.119.